The van der Waals surface area contributed by atoms with Gasteiger partial charge in [0.25, 0.3) is 0 Å². The third-order valence-corrected chi connectivity index (χ3v) is 5.67. The minimum atomic E-state index is -0.0102. The van der Waals surface area contributed by atoms with Crippen molar-refractivity contribution >= 4 is 33.6 Å². The Morgan fingerprint density at radius 2 is 1.88 bits per heavy atom. The van der Waals surface area contributed by atoms with Crippen LogP contribution in [0.5, 0.6) is 0 Å². The van der Waals surface area contributed by atoms with Crippen molar-refractivity contribution in [1.82, 2.24) is 14.9 Å². The van der Waals surface area contributed by atoms with Crippen molar-refractivity contribution in [2.24, 2.45) is 7.05 Å². The molecule has 0 bridgehead atoms. The van der Waals surface area contributed by atoms with E-state index < -0.39 is 0 Å². The second-order valence-electron chi connectivity index (χ2n) is 5.98. The predicted molar refractivity (Wildman–Crippen MR) is 110 cm³/mol. The van der Waals surface area contributed by atoms with Gasteiger partial charge in [0, 0.05) is 11.5 Å². The highest BCUT2D eigenvalue weighted by Crippen LogP contribution is 2.26. The van der Waals surface area contributed by atoms with Crippen LogP contribution in [0.1, 0.15) is 18.5 Å². The summed E-state index contributed by atoms with van der Waals surface area (Å²) in [5.41, 5.74) is 3.22. The molecule has 0 unspecified atom stereocenters. The van der Waals surface area contributed by atoms with Crippen LogP contribution in [0.2, 0.25) is 0 Å². The van der Waals surface area contributed by atoms with E-state index in [0.717, 1.165) is 26.4 Å². The van der Waals surface area contributed by atoms with E-state index in [1.54, 1.807) is 0 Å². The molecule has 4 nitrogen and oxygen atoms in total. The number of halogens is 1. The topological polar surface area (TPSA) is 46.9 Å². The molecule has 3 rings (SSSR count). The van der Waals surface area contributed by atoms with Crippen molar-refractivity contribution in [3.63, 3.8) is 0 Å². The summed E-state index contributed by atoms with van der Waals surface area (Å²) >= 11 is 4.89. The highest BCUT2D eigenvalue weighted by Gasteiger charge is 2.13. The Labute approximate surface area is 166 Å². The molecule has 0 aliphatic rings. The van der Waals surface area contributed by atoms with Crippen LogP contribution < -0.4 is 5.32 Å². The number of rotatable bonds is 6. The van der Waals surface area contributed by atoms with E-state index in [1.165, 1.54) is 11.8 Å². The molecule has 2 aromatic carbocycles. The van der Waals surface area contributed by atoms with Gasteiger partial charge in [-0.15, -0.1) is 0 Å². The van der Waals surface area contributed by atoms with Gasteiger partial charge in [0.05, 0.1) is 23.7 Å². The van der Waals surface area contributed by atoms with Crippen molar-refractivity contribution < 1.29 is 4.79 Å². The number of aromatic nitrogens is 2. The normalized spacial score (nSPS) is 12.0. The Hall–Kier alpha value is -2.05. The summed E-state index contributed by atoms with van der Waals surface area (Å²) in [6.07, 6.45) is 1.84. The van der Waals surface area contributed by atoms with Crippen molar-refractivity contribution in [2.45, 2.75) is 18.1 Å². The number of nitrogens with one attached hydrogen (secondary N) is 1. The van der Waals surface area contributed by atoms with Crippen molar-refractivity contribution in [3.8, 4) is 11.3 Å². The molecule has 0 fully saturated rings. The Kier molecular flexibility index (Phi) is 6.16. The molecule has 1 aromatic heterocycles. The van der Waals surface area contributed by atoms with E-state index in [2.05, 4.69) is 26.2 Å². The van der Waals surface area contributed by atoms with Crippen LogP contribution in [0.4, 0.5) is 0 Å². The number of benzene rings is 2. The zero-order valence-corrected chi connectivity index (χ0v) is 17.0. The van der Waals surface area contributed by atoms with Gasteiger partial charge in [-0.1, -0.05) is 70.2 Å². The maximum absolute atomic E-state index is 12.3. The minimum absolute atomic E-state index is 0.000422. The van der Waals surface area contributed by atoms with Gasteiger partial charge in [0.2, 0.25) is 5.91 Å². The van der Waals surface area contributed by atoms with Crippen molar-refractivity contribution in [3.05, 3.63) is 70.8 Å². The highest BCUT2D eigenvalue weighted by molar-refractivity contribution is 9.10. The van der Waals surface area contributed by atoms with E-state index in [-0.39, 0.29) is 11.9 Å². The van der Waals surface area contributed by atoms with Gasteiger partial charge < -0.3 is 9.88 Å². The van der Waals surface area contributed by atoms with Crippen molar-refractivity contribution in [2.75, 3.05) is 5.75 Å². The third-order valence-electron chi connectivity index (χ3n) is 4.09. The summed E-state index contributed by atoms with van der Waals surface area (Å²) in [6.45, 7) is 1.99. The van der Waals surface area contributed by atoms with Gasteiger partial charge >= 0.3 is 0 Å². The van der Waals surface area contributed by atoms with E-state index in [4.69, 9.17) is 0 Å². The maximum Gasteiger partial charge on any atom is 0.230 e. The molecule has 134 valence electrons. The first-order valence-corrected chi connectivity index (χ1v) is 10.1. The van der Waals surface area contributed by atoms with E-state index in [1.807, 2.05) is 79.3 Å². The summed E-state index contributed by atoms with van der Waals surface area (Å²) in [6, 6.07) is 18.0. The first-order chi connectivity index (χ1) is 12.5. The molecule has 0 radical (unpaired) electrons. The Morgan fingerprint density at radius 1 is 1.19 bits per heavy atom. The third kappa shape index (κ3) is 4.56. The molecule has 0 aliphatic heterocycles. The first-order valence-electron chi connectivity index (χ1n) is 8.29. The molecule has 1 atom stereocenters. The minimum Gasteiger partial charge on any atom is -0.349 e. The molecule has 0 spiro atoms. The number of hydrogen-bond donors (Lipinski definition) is 1. The van der Waals surface area contributed by atoms with Crippen LogP contribution in [-0.2, 0) is 11.8 Å². The molecular weight excluding hydrogens is 410 g/mol. The standard InChI is InChI=1S/C20H20BrN3OS/c1-14(15-6-4-3-5-7-15)23-19(25)13-26-20-22-12-18(24(20)2)16-8-10-17(21)11-9-16/h3-12,14H,13H2,1-2H3,(H,23,25)/t14-/m0/s1. The predicted octanol–water partition coefficient (Wildman–Crippen LogP) is 4.82. The van der Waals surface area contributed by atoms with E-state index in [0.29, 0.717) is 5.75 Å². The SMILES string of the molecule is C[C@H](NC(=O)CSc1ncc(-c2ccc(Br)cc2)n1C)c1ccccc1. The lowest BCUT2D eigenvalue weighted by molar-refractivity contribution is -0.119. The van der Waals surface area contributed by atoms with Crippen LogP contribution >= 0.6 is 27.7 Å². The lowest BCUT2D eigenvalue weighted by Crippen LogP contribution is -2.28. The number of thioether (sulfide) groups is 1. The lowest BCUT2D eigenvalue weighted by Gasteiger charge is -2.14. The number of amides is 1. The van der Waals surface area contributed by atoms with Crippen molar-refractivity contribution in [1.29, 1.82) is 0 Å². The van der Waals surface area contributed by atoms with Gasteiger partial charge in [-0.25, -0.2) is 4.98 Å². The Balaban J connectivity index is 1.60. The molecule has 1 amide bonds. The van der Waals surface area contributed by atoms with Gasteiger partial charge in [0.15, 0.2) is 5.16 Å². The number of carbonyl (C=O) groups excluding carboxylic acids is 1. The Bertz CT molecular complexity index is 878. The lowest BCUT2D eigenvalue weighted by atomic mass is 10.1. The fourth-order valence-corrected chi connectivity index (χ4v) is 3.68. The zero-order chi connectivity index (χ0) is 18.5. The summed E-state index contributed by atoms with van der Waals surface area (Å²) in [7, 11) is 1.97. The van der Waals surface area contributed by atoms with Crippen LogP contribution in [0.15, 0.2) is 70.4 Å². The van der Waals surface area contributed by atoms with Crippen LogP contribution in [0.3, 0.4) is 0 Å². The monoisotopic (exact) mass is 429 g/mol. The van der Waals surface area contributed by atoms with Crippen LogP contribution in [0.25, 0.3) is 11.3 Å². The molecule has 1 heterocycles. The summed E-state index contributed by atoms with van der Waals surface area (Å²) in [5.74, 6) is 0.335. The fourth-order valence-electron chi connectivity index (χ4n) is 2.65. The quantitative estimate of drug-likeness (QED) is 0.571. The smallest absolute Gasteiger partial charge is 0.230 e. The summed E-state index contributed by atoms with van der Waals surface area (Å²) in [5, 5.41) is 3.85. The molecule has 0 saturated carbocycles. The van der Waals surface area contributed by atoms with E-state index >= 15 is 0 Å². The summed E-state index contributed by atoms with van der Waals surface area (Å²) in [4.78, 5) is 16.7. The van der Waals surface area contributed by atoms with E-state index in [9.17, 15) is 4.79 Å². The van der Waals surface area contributed by atoms with Crippen LogP contribution in [-0.4, -0.2) is 21.2 Å². The van der Waals surface area contributed by atoms with Crippen LogP contribution in [0, 0.1) is 0 Å². The fraction of sp³-hybridized carbons (Fsp3) is 0.200. The Morgan fingerprint density at radius 3 is 2.58 bits per heavy atom. The summed E-state index contributed by atoms with van der Waals surface area (Å²) < 4.78 is 3.06. The highest BCUT2D eigenvalue weighted by atomic mass is 79.9. The van der Waals surface area contributed by atoms with Gasteiger partial charge in [0.1, 0.15) is 0 Å². The number of imidazole rings is 1. The molecule has 1 N–H and O–H groups in total. The largest absolute Gasteiger partial charge is 0.349 e. The first kappa shape index (κ1) is 18.7. The molecule has 6 heteroatoms. The number of carbonyl (C=O) groups is 1. The molecule has 3 aromatic rings. The average Bonchev–Trinajstić information content (AvgIpc) is 3.02. The molecule has 26 heavy (non-hydrogen) atoms. The second kappa shape index (κ2) is 8.56. The number of nitrogens with zero attached hydrogens (tertiary/aromatic N) is 2. The molecular formula is C20H20BrN3OS. The van der Waals surface area contributed by atoms with Gasteiger partial charge in [-0.05, 0) is 30.2 Å². The average molecular weight is 430 g/mol. The zero-order valence-electron chi connectivity index (χ0n) is 14.6. The maximum atomic E-state index is 12.3. The second-order valence-corrected chi connectivity index (χ2v) is 7.84. The van der Waals surface area contributed by atoms with Gasteiger partial charge in [-0.2, -0.15) is 0 Å². The van der Waals surface area contributed by atoms with Gasteiger partial charge in [-0.3, -0.25) is 4.79 Å². The number of hydrogen-bond acceptors (Lipinski definition) is 3. The molecule has 0 saturated heterocycles. The molecule has 0 aliphatic carbocycles.